The Morgan fingerprint density at radius 2 is 1.69 bits per heavy atom. The minimum Gasteiger partial charge on any atom is -0.493 e. The van der Waals surface area contributed by atoms with Crippen molar-refractivity contribution < 1.29 is 33.3 Å². The van der Waals surface area contributed by atoms with Gasteiger partial charge in [-0.25, -0.2) is 4.79 Å². The summed E-state index contributed by atoms with van der Waals surface area (Å²) in [5, 5.41) is 3.31. The van der Waals surface area contributed by atoms with Gasteiger partial charge < -0.3 is 24.3 Å². The average molecular weight is 498 g/mol. The van der Waals surface area contributed by atoms with Gasteiger partial charge in [0.15, 0.2) is 17.3 Å². The Balaban J connectivity index is 1.82. The van der Waals surface area contributed by atoms with E-state index in [0.717, 1.165) is 37.8 Å². The van der Waals surface area contributed by atoms with Crippen molar-refractivity contribution in [2.75, 3.05) is 21.3 Å². The second kappa shape index (κ2) is 10.8. The molecule has 0 amide bonds. The molecule has 0 bridgehead atoms. The highest BCUT2D eigenvalue weighted by molar-refractivity contribution is 6.12. The molecule has 1 heterocycles. The molecule has 1 saturated carbocycles. The highest BCUT2D eigenvalue weighted by atomic mass is 16.5. The zero-order chi connectivity index (χ0) is 26.0. The SMILES string of the molecule is COC(=O)[C@@H]1C(=O)C2=C(C[C@H]1C)NC(C)=C(C(=O)OC1CCCCC1)[C@@H]2c1ccc(OC)c(OC)c1. The largest absolute Gasteiger partial charge is 0.493 e. The molecule has 1 aromatic carbocycles. The molecule has 0 aromatic heterocycles. The number of Topliss-reactive ketones (excluding diaryl/α,β-unsaturated/α-hetero) is 1. The number of esters is 2. The molecule has 194 valence electrons. The van der Waals surface area contributed by atoms with E-state index in [1.165, 1.54) is 14.2 Å². The summed E-state index contributed by atoms with van der Waals surface area (Å²) in [6.07, 6.45) is 5.21. The molecule has 0 radical (unpaired) electrons. The first kappa shape index (κ1) is 25.8. The number of hydrogen-bond acceptors (Lipinski definition) is 8. The number of benzene rings is 1. The summed E-state index contributed by atoms with van der Waals surface area (Å²) in [5.41, 5.74) is 2.82. The minimum atomic E-state index is -0.938. The molecule has 1 fully saturated rings. The lowest BCUT2D eigenvalue weighted by molar-refractivity contribution is -0.151. The van der Waals surface area contributed by atoms with Crippen LogP contribution >= 0.6 is 0 Å². The fourth-order valence-electron chi connectivity index (χ4n) is 5.71. The predicted molar refractivity (Wildman–Crippen MR) is 132 cm³/mol. The van der Waals surface area contributed by atoms with E-state index in [9.17, 15) is 14.4 Å². The van der Waals surface area contributed by atoms with Gasteiger partial charge in [-0.15, -0.1) is 0 Å². The molecule has 1 N–H and O–H groups in total. The summed E-state index contributed by atoms with van der Waals surface area (Å²) >= 11 is 0. The second-order valence-corrected chi connectivity index (χ2v) is 9.82. The van der Waals surface area contributed by atoms with Gasteiger partial charge >= 0.3 is 11.9 Å². The number of ether oxygens (including phenoxy) is 4. The van der Waals surface area contributed by atoms with E-state index in [-0.39, 0.29) is 17.8 Å². The van der Waals surface area contributed by atoms with Crippen molar-refractivity contribution in [3.05, 3.63) is 46.3 Å². The smallest absolute Gasteiger partial charge is 0.337 e. The molecule has 0 saturated heterocycles. The molecule has 2 aliphatic carbocycles. The van der Waals surface area contributed by atoms with Crippen molar-refractivity contribution in [1.82, 2.24) is 5.32 Å². The third-order valence-electron chi connectivity index (χ3n) is 7.53. The van der Waals surface area contributed by atoms with Crippen LogP contribution in [0, 0.1) is 11.8 Å². The molecule has 8 heteroatoms. The number of dihydropyridines is 1. The van der Waals surface area contributed by atoms with Crippen LogP contribution in [0.15, 0.2) is 40.7 Å². The predicted octanol–water partition coefficient (Wildman–Crippen LogP) is 4.19. The first-order chi connectivity index (χ1) is 17.3. The van der Waals surface area contributed by atoms with Crippen molar-refractivity contribution in [1.29, 1.82) is 0 Å². The van der Waals surface area contributed by atoms with Crippen LogP contribution in [0.4, 0.5) is 0 Å². The van der Waals surface area contributed by atoms with Crippen LogP contribution in [0.25, 0.3) is 0 Å². The molecular weight excluding hydrogens is 462 g/mol. The van der Waals surface area contributed by atoms with Gasteiger partial charge in [0.05, 0.1) is 26.9 Å². The van der Waals surface area contributed by atoms with Crippen molar-refractivity contribution >= 4 is 17.7 Å². The quantitative estimate of drug-likeness (QED) is 0.461. The number of nitrogens with one attached hydrogen (secondary N) is 1. The summed E-state index contributed by atoms with van der Waals surface area (Å²) in [6, 6.07) is 5.35. The van der Waals surface area contributed by atoms with Crippen molar-refractivity contribution in [3.8, 4) is 11.5 Å². The van der Waals surface area contributed by atoms with E-state index in [1.807, 2.05) is 19.9 Å². The Bertz CT molecular complexity index is 1110. The van der Waals surface area contributed by atoms with Crippen molar-refractivity contribution in [2.45, 2.75) is 64.4 Å². The number of methoxy groups -OCH3 is 3. The zero-order valence-electron chi connectivity index (χ0n) is 21.6. The summed E-state index contributed by atoms with van der Waals surface area (Å²) in [7, 11) is 4.37. The number of allylic oxidation sites excluding steroid dienone is 3. The van der Waals surface area contributed by atoms with Crippen LogP contribution in [-0.4, -0.2) is 45.2 Å². The molecule has 1 aliphatic heterocycles. The van der Waals surface area contributed by atoms with Crippen LogP contribution in [0.3, 0.4) is 0 Å². The van der Waals surface area contributed by atoms with Gasteiger partial charge in [-0.3, -0.25) is 9.59 Å². The first-order valence-corrected chi connectivity index (χ1v) is 12.6. The highest BCUT2D eigenvalue weighted by Gasteiger charge is 2.47. The lowest BCUT2D eigenvalue weighted by Gasteiger charge is -2.38. The maximum atomic E-state index is 13.9. The Morgan fingerprint density at radius 3 is 2.33 bits per heavy atom. The van der Waals surface area contributed by atoms with Crippen LogP contribution in [0.2, 0.25) is 0 Å². The standard InChI is InChI=1S/C28H35NO7/c1-15-13-19-25(26(30)22(15)27(31)35-5)24(17-11-12-20(33-3)21(14-17)34-4)23(16(2)29-19)28(32)36-18-9-7-6-8-10-18/h11-12,14-15,18,22,24,29H,6-10,13H2,1-5H3/t15-,22+,24+/m1/s1. The van der Waals surface area contributed by atoms with Crippen LogP contribution in [0.1, 0.15) is 63.9 Å². The van der Waals surface area contributed by atoms with Crippen LogP contribution < -0.4 is 14.8 Å². The number of ketones is 1. The van der Waals surface area contributed by atoms with Gasteiger partial charge in [0.25, 0.3) is 0 Å². The second-order valence-electron chi connectivity index (χ2n) is 9.82. The summed E-state index contributed by atoms with van der Waals surface area (Å²) in [4.78, 5) is 40.1. The Kier molecular flexibility index (Phi) is 7.71. The van der Waals surface area contributed by atoms with E-state index in [2.05, 4.69) is 5.32 Å². The van der Waals surface area contributed by atoms with E-state index in [4.69, 9.17) is 18.9 Å². The van der Waals surface area contributed by atoms with E-state index in [0.29, 0.717) is 40.3 Å². The monoisotopic (exact) mass is 497 g/mol. The first-order valence-electron chi connectivity index (χ1n) is 12.6. The molecule has 4 rings (SSSR count). The highest BCUT2D eigenvalue weighted by Crippen LogP contribution is 2.47. The van der Waals surface area contributed by atoms with E-state index in [1.54, 1.807) is 19.2 Å². The van der Waals surface area contributed by atoms with Crippen molar-refractivity contribution in [2.24, 2.45) is 11.8 Å². The minimum absolute atomic E-state index is 0.141. The van der Waals surface area contributed by atoms with Crippen LogP contribution in [0.5, 0.6) is 11.5 Å². The third-order valence-corrected chi connectivity index (χ3v) is 7.53. The van der Waals surface area contributed by atoms with Gasteiger partial charge in [0.1, 0.15) is 12.0 Å². The normalized spacial score (nSPS) is 24.6. The maximum Gasteiger partial charge on any atom is 0.337 e. The number of hydrogen-bond donors (Lipinski definition) is 1. The summed E-state index contributed by atoms with van der Waals surface area (Å²) < 4.78 is 21.9. The summed E-state index contributed by atoms with van der Waals surface area (Å²) in [6.45, 7) is 3.69. The topological polar surface area (TPSA) is 100 Å². The molecule has 1 aromatic rings. The molecule has 0 spiro atoms. The average Bonchev–Trinajstić information content (AvgIpc) is 2.87. The Labute approximate surface area is 212 Å². The number of rotatable bonds is 6. The van der Waals surface area contributed by atoms with Crippen molar-refractivity contribution in [3.63, 3.8) is 0 Å². The molecule has 3 atom stereocenters. The lowest BCUT2D eigenvalue weighted by atomic mass is 9.69. The fraction of sp³-hybridized carbons (Fsp3) is 0.536. The molecule has 36 heavy (non-hydrogen) atoms. The van der Waals surface area contributed by atoms with E-state index >= 15 is 0 Å². The van der Waals surface area contributed by atoms with Gasteiger partial charge in [-0.2, -0.15) is 0 Å². The lowest BCUT2D eigenvalue weighted by Crippen LogP contribution is -2.43. The van der Waals surface area contributed by atoms with Crippen LogP contribution in [-0.2, 0) is 23.9 Å². The molecule has 3 aliphatic rings. The Hall–Kier alpha value is -3.29. The molecular formula is C28H35NO7. The molecule has 0 unspecified atom stereocenters. The van der Waals surface area contributed by atoms with Gasteiger partial charge in [-0.1, -0.05) is 19.4 Å². The van der Waals surface area contributed by atoms with Gasteiger partial charge in [0, 0.05) is 22.9 Å². The number of carbonyl (C=O) groups excluding carboxylic acids is 3. The summed E-state index contributed by atoms with van der Waals surface area (Å²) in [5.74, 6) is -2.23. The zero-order valence-corrected chi connectivity index (χ0v) is 21.6. The van der Waals surface area contributed by atoms with Gasteiger partial charge in [-0.05, 0) is 62.6 Å². The maximum absolute atomic E-state index is 13.9. The fourth-order valence-corrected chi connectivity index (χ4v) is 5.71. The Morgan fingerprint density at radius 1 is 1.00 bits per heavy atom. The third kappa shape index (κ3) is 4.73. The molecule has 8 nitrogen and oxygen atoms in total. The number of carbonyl (C=O) groups is 3. The van der Waals surface area contributed by atoms with E-state index < -0.39 is 23.8 Å². The van der Waals surface area contributed by atoms with Gasteiger partial charge in [0.2, 0.25) is 0 Å².